The van der Waals surface area contributed by atoms with E-state index in [9.17, 15) is 9.59 Å². The molecule has 2 amide bonds. The van der Waals surface area contributed by atoms with Gasteiger partial charge in [0.2, 0.25) is 11.8 Å². The van der Waals surface area contributed by atoms with E-state index in [1.165, 1.54) is 18.2 Å². The predicted octanol–water partition coefficient (Wildman–Crippen LogP) is 5.84. The van der Waals surface area contributed by atoms with Crippen LogP contribution < -0.4 is 10.1 Å². The molecule has 184 valence electrons. The highest BCUT2D eigenvalue weighted by atomic mass is 35.5. The Labute approximate surface area is 212 Å². The number of carbonyl (C=O) groups is 2. The summed E-state index contributed by atoms with van der Waals surface area (Å²) in [5.74, 6) is 1.60. The molecule has 1 atom stereocenters. The van der Waals surface area contributed by atoms with Gasteiger partial charge in [-0.3, -0.25) is 9.59 Å². The molecule has 3 rings (SSSR count). The fourth-order valence-corrected chi connectivity index (χ4v) is 5.53. The number of methoxy groups -OCH3 is 1. The molecule has 5 nitrogen and oxygen atoms in total. The van der Waals surface area contributed by atoms with Gasteiger partial charge >= 0.3 is 0 Å². The summed E-state index contributed by atoms with van der Waals surface area (Å²) in [7, 11) is 1.63. The summed E-state index contributed by atoms with van der Waals surface area (Å²) >= 11 is 7.79. The Kier molecular flexibility index (Phi) is 10.6. The molecule has 1 aliphatic carbocycles. The third-order valence-corrected chi connectivity index (χ3v) is 7.63. The maximum absolute atomic E-state index is 13.4. The zero-order valence-corrected chi connectivity index (χ0v) is 21.7. The second-order valence-electron chi connectivity index (χ2n) is 8.72. The van der Waals surface area contributed by atoms with Gasteiger partial charge < -0.3 is 15.0 Å². The van der Waals surface area contributed by atoms with E-state index < -0.39 is 6.04 Å². The van der Waals surface area contributed by atoms with E-state index in [1.54, 1.807) is 12.0 Å². The number of hydrogen-bond donors (Lipinski definition) is 1. The Morgan fingerprint density at radius 3 is 2.47 bits per heavy atom. The van der Waals surface area contributed by atoms with E-state index in [2.05, 4.69) is 5.32 Å². The first-order valence-electron chi connectivity index (χ1n) is 12.1. The van der Waals surface area contributed by atoms with Gasteiger partial charge in [-0.25, -0.2) is 0 Å². The van der Waals surface area contributed by atoms with Gasteiger partial charge in [-0.15, -0.1) is 11.8 Å². The van der Waals surface area contributed by atoms with Crippen molar-refractivity contribution in [3.8, 4) is 5.75 Å². The quantitative estimate of drug-likeness (QED) is 0.419. The number of rotatable bonds is 11. The molecule has 7 heteroatoms. The second-order valence-corrected chi connectivity index (χ2v) is 10.1. The van der Waals surface area contributed by atoms with Crippen LogP contribution in [0.2, 0.25) is 5.02 Å². The number of nitrogens with one attached hydrogen (secondary N) is 1. The van der Waals surface area contributed by atoms with E-state index in [-0.39, 0.29) is 23.6 Å². The number of thioether (sulfide) groups is 1. The summed E-state index contributed by atoms with van der Waals surface area (Å²) in [6.45, 7) is 2.35. The van der Waals surface area contributed by atoms with Crippen LogP contribution in [0.25, 0.3) is 0 Å². The number of amides is 2. The number of benzene rings is 2. The van der Waals surface area contributed by atoms with Gasteiger partial charge in [-0.05, 0) is 48.6 Å². The molecule has 0 saturated heterocycles. The molecule has 0 heterocycles. The van der Waals surface area contributed by atoms with Crippen LogP contribution in [0.3, 0.4) is 0 Å². The maximum Gasteiger partial charge on any atom is 0.243 e. The van der Waals surface area contributed by atoms with Crippen molar-refractivity contribution in [2.45, 2.75) is 69.8 Å². The monoisotopic (exact) mass is 502 g/mol. The molecule has 2 aromatic rings. The summed E-state index contributed by atoms with van der Waals surface area (Å²) in [6, 6.07) is 15.0. The lowest BCUT2D eigenvalue weighted by atomic mass is 9.95. The van der Waals surface area contributed by atoms with Crippen molar-refractivity contribution in [2.24, 2.45) is 0 Å². The largest absolute Gasteiger partial charge is 0.497 e. The van der Waals surface area contributed by atoms with Crippen LogP contribution in [0.4, 0.5) is 0 Å². The summed E-state index contributed by atoms with van der Waals surface area (Å²) in [6.07, 6.45) is 6.12. The van der Waals surface area contributed by atoms with Gasteiger partial charge in [0.25, 0.3) is 0 Å². The Bertz CT molecular complexity index is 932. The van der Waals surface area contributed by atoms with Crippen LogP contribution in [-0.2, 0) is 21.9 Å². The number of hydrogen-bond acceptors (Lipinski definition) is 4. The van der Waals surface area contributed by atoms with Crippen LogP contribution in [0.5, 0.6) is 5.75 Å². The highest BCUT2D eigenvalue weighted by Crippen LogP contribution is 2.23. The van der Waals surface area contributed by atoms with Crippen molar-refractivity contribution in [1.29, 1.82) is 0 Å². The zero-order valence-electron chi connectivity index (χ0n) is 20.1. The topological polar surface area (TPSA) is 58.6 Å². The first kappa shape index (κ1) is 26.4. The lowest BCUT2D eigenvalue weighted by Gasteiger charge is -2.32. The third-order valence-electron chi connectivity index (χ3n) is 6.29. The van der Waals surface area contributed by atoms with Crippen molar-refractivity contribution < 1.29 is 14.3 Å². The first-order chi connectivity index (χ1) is 16.5. The van der Waals surface area contributed by atoms with Crippen LogP contribution in [0.15, 0.2) is 48.5 Å². The Morgan fingerprint density at radius 2 is 1.82 bits per heavy atom. The van der Waals surface area contributed by atoms with Crippen molar-refractivity contribution in [3.05, 3.63) is 64.7 Å². The van der Waals surface area contributed by atoms with E-state index in [0.717, 1.165) is 42.6 Å². The van der Waals surface area contributed by atoms with E-state index >= 15 is 0 Å². The molecule has 1 N–H and O–H groups in total. The number of ether oxygens (including phenoxy) is 1. The molecule has 1 aliphatic rings. The zero-order chi connectivity index (χ0) is 24.3. The third kappa shape index (κ3) is 7.67. The van der Waals surface area contributed by atoms with Gasteiger partial charge in [-0.1, -0.05) is 68.1 Å². The highest BCUT2D eigenvalue weighted by molar-refractivity contribution is 7.99. The predicted molar refractivity (Wildman–Crippen MR) is 140 cm³/mol. The molecule has 0 radical (unpaired) electrons. The summed E-state index contributed by atoms with van der Waals surface area (Å²) in [5.41, 5.74) is 1.97. The van der Waals surface area contributed by atoms with Gasteiger partial charge in [-0.2, -0.15) is 0 Å². The van der Waals surface area contributed by atoms with Crippen LogP contribution in [0, 0.1) is 0 Å². The van der Waals surface area contributed by atoms with Crippen LogP contribution in [-0.4, -0.2) is 41.7 Å². The molecule has 0 unspecified atom stereocenters. The van der Waals surface area contributed by atoms with E-state index in [0.29, 0.717) is 23.7 Å². The summed E-state index contributed by atoms with van der Waals surface area (Å²) in [4.78, 5) is 28.4. The standard InChI is InChI=1S/C27H35ClN2O3S/c1-3-25(27(32)29-22-10-5-4-6-11-22)30(17-20-13-15-23(33-2)16-14-20)26(31)19-34-18-21-9-7-8-12-24(21)28/h7-9,12-16,22,25H,3-6,10-11,17-19H2,1-2H3,(H,29,32)/t25-/m0/s1. The minimum absolute atomic E-state index is 0.0430. The van der Waals surface area contributed by atoms with E-state index in [4.69, 9.17) is 16.3 Å². The molecule has 0 aromatic heterocycles. The lowest BCUT2D eigenvalue weighted by molar-refractivity contribution is -0.139. The van der Waals surface area contributed by atoms with Crippen LogP contribution in [0.1, 0.15) is 56.6 Å². The molecule has 1 fully saturated rings. The van der Waals surface area contributed by atoms with Crippen molar-refractivity contribution >= 4 is 35.2 Å². The number of halogens is 1. The Morgan fingerprint density at radius 1 is 1.12 bits per heavy atom. The SMILES string of the molecule is CC[C@@H](C(=O)NC1CCCCC1)N(Cc1ccc(OC)cc1)C(=O)CSCc1ccccc1Cl. The lowest BCUT2D eigenvalue weighted by Crippen LogP contribution is -2.52. The molecule has 0 spiro atoms. The molecule has 1 saturated carbocycles. The average Bonchev–Trinajstić information content (AvgIpc) is 2.86. The fourth-order valence-electron chi connectivity index (χ4n) is 4.34. The normalized spacial score (nSPS) is 14.9. The van der Waals surface area contributed by atoms with Crippen LogP contribution >= 0.6 is 23.4 Å². The van der Waals surface area contributed by atoms with E-state index in [1.807, 2.05) is 55.5 Å². The smallest absolute Gasteiger partial charge is 0.243 e. The van der Waals surface area contributed by atoms with Gasteiger partial charge in [0.1, 0.15) is 11.8 Å². The molecule has 0 bridgehead atoms. The van der Waals surface area contributed by atoms with Crippen molar-refractivity contribution in [2.75, 3.05) is 12.9 Å². The maximum atomic E-state index is 13.4. The van der Waals surface area contributed by atoms with Crippen molar-refractivity contribution in [1.82, 2.24) is 10.2 Å². The highest BCUT2D eigenvalue weighted by Gasteiger charge is 2.30. The molecular formula is C27H35ClN2O3S. The van der Waals surface area contributed by atoms with Gasteiger partial charge in [0, 0.05) is 23.4 Å². The average molecular weight is 503 g/mol. The fraction of sp³-hybridized carbons (Fsp3) is 0.481. The van der Waals surface area contributed by atoms with Gasteiger partial charge in [0.15, 0.2) is 0 Å². The first-order valence-corrected chi connectivity index (χ1v) is 13.6. The summed E-state index contributed by atoms with van der Waals surface area (Å²) in [5, 5.41) is 3.93. The summed E-state index contributed by atoms with van der Waals surface area (Å²) < 4.78 is 5.26. The minimum Gasteiger partial charge on any atom is -0.497 e. The minimum atomic E-state index is -0.502. The molecule has 0 aliphatic heterocycles. The van der Waals surface area contributed by atoms with Gasteiger partial charge in [0.05, 0.1) is 12.9 Å². The number of nitrogens with zero attached hydrogens (tertiary/aromatic N) is 1. The molecular weight excluding hydrogens is 468 g/mol. The Balaban J connectivity index is 1.71. The molecule has 2 aromatic carbocycles. The van der Waals surface area contributed by atoms with Crippen molar-refractivity contribution in [3.63, 3.8) is 0 Å². The number of carbonyl (C=O) groups excluding carboxylic acids is 2. The molecule has 34 heavy (non-hydrogen) atoms. The second kappa shape index (κ2) is 13.6. The Hall–Kier alpha value is -2.18.